The van der Waals surface area contributed by atoms with Crippen molar-refractivity contribution in [1.82, 2.24) is 24.6 Å². The standard InChI is InChI=1S/C27H27N5O4S2/c1-34-21-9-5-6-19(16-21)24-29-30-26(32(24)20-7-3-2-4-8-20)38-18-23-28-22(17-37-23)25(33)31-12-10-27(11-13-31)35-14-15-36-27/h2-9,16-17H,10-15,18H2,1H3. The quantitative estimate of drug-likeness (QED) is 0.307. The molecule has 2 aromatic heterocycles. The van der Waals surface area contributed by atoms with E-state index in [0.717, 1.165) is 33.0 Å². The molecule has 2 aliphatic rings. The van der Waals surface area contributed by atoms with Crippen molar-refractivity contribution >= 4 is 29.0 Å². The molecule has 2 aromatic carbocycles. The highest BCUT2D eigenvalue weighted by molar-refractivity contribution is 7.98. The molecule has 0 unspecified atom stereocenters. The summed E-state index contributed by atoms with van der Waals surface area (Å²) in [6.07, 6.45) is 1.38. The molecule has 1 spiro atoms. The van der Waals surface area contributed by atoms with Gasteiger partial charge in [-0.05, 0) is 24.3 Å². The third-order valence-electron chi connectivity index (χ3n) is 6.70. The number of methoxy groups -OCH3 is 1. The van der Waals surface area contributed by atoms with Crippen LogP contribution in [-0.2, 0) is 15.2 Å². The number of thioether (sulfide) groups is 1. The summed E-state index contributed by atoms with van der Waals surface area (Å²) in [5.41, 5.74) is 2.36. The van der Waals surface area contributed by atoms with Gasteiger partial charge < -0.3 is 19.1 Å². The summed E-state index contributed by atoms with van der Waals surface area (Å²) in [7, 11) is 1.65. The third-order valence-corrected chi connectivity index (χ3v) is 8.67. The zero-order chi connectivity index (χ0) is 26.0. The van der Waals surface area contributed by atoms with E-state index >= 15 is 0 Å². The maximum absolute atomic E-state index is 13.1. The highest BCUT2D eigenvalue weighted by Gasteiger charge is 2.41. The van der Waals surface area contributed by atoms with Crippen LogP contribution in [0.4, 0.5) is 0 Å². The van der Waals surface area contributed by atoms with Crippen molar-refractivity contribution in [3.63, 3.8) is 0 Å². The predicted molar refractivity (Wildman–Crippen MR) is 145 cm³/mol. The Morgan fingerprint density at radius 2 is 1.87 bits per heavy atom. The second-order valence-electron chi connectivity index (χ2n) is 9.02. The predicted octanol–water partition coefficient (Wildman–Crippen LogP) is 4.67. The van der Waals surface area contributed by atoms with Crippen molar-refractivity contribution in [3.8, 4) is 22.8 Å². The van der Waals surface area contributed by atoms with Gasteiger partial charge in [0.05, 0.1) is 26.1 Å². The monoisotopic (exact) mass is 549 g/mol. The normalized spacial score (nSPS) is 16.7. The molecule has 4 aromatic rings. The lowest BCUT2D eigenvalue weighted by atomic mass is 10.0. The van der Waals surface area contributed by atoms with Crippen LogP contribution in [0.15, 0.2) is 65.1 Å². The van der Waals surface area contributed by atoms with E-state index in [4.69, 9.17) is 14.2 Å². The Labute approximate surface area is 228 Å². The fraction of sp³-hybridized carbons (Fsp3) is 0.333. The topological polar surface area (TPSA) is 91.6 Å². The Morgan fingerprint density at radius 1 is 1.08 bits per heavy atom. The minimum absolute atomic E-state index is 0.0434. The van der Waals surface area contributed by atoms with E-state index in [1.807, 2.05) is 69.4 Å². The summed E-state index contributed by atoms with van der Waals surface area (Å²) in [5, 5.41) is 12.5. The number of thiazole rings is 1. The van der Waals surface area contributed by atoms with Gasteiger partial charge >= 0.3 is 0 Å². The van der Waals surface area contributed by atoms with E-state index in [2.05, 4.69) is 15.2 Å². The van der Waals surface area contributed by atoms with Gasteiger partial charge in [0.1, 0.15) is 16.5 Å². The number of carbonyl (C=O) groups is 1. The molecule has 38 heavy (non-hydrogen) atoms. The van der Waals surface area contributed by atoms with E-state index in [9.17, 15) is 4.79 Å². The van der Waals surface area contributed by atoms with Crippen LogP contribution in [0.3, 0.4) is 0 Å². The number of hydrogen-bond donors (Lipinski definition) is 0. The lowest BCUT2D eigenvalue weighted by Crippen LogP contribution is -2.47. The molecule has 0 aliphatic carbocycles. The minimum atomic E-state index is -0.501. The van der Waals surface area contributed by atoms with E-state index in [-0.39, 0.29) is 5.91 Å². The average Bonchev–Trinajstić information content (AvgIpc) is 3.73. The Balaban J connectivity index is 1.17. The summed E-state index contributed by atoms with van der Waals surface area (Å²) in [4.78, 5) is 19.6. The molecule has 4 heterocycles. The summed E-state index contributed by atoms with van der Waals surface area (Å²) in [6.45, 7) is 2.46. The second-order valence-corrected chi connectivity index (χ2v) is 10.9. The van der Waals surface area contributed by atoms with Crippen molar-refractivity contribution in [2.45, 2.75) is 29.5 Å². The molecule has 0 bridgehead atoms. The van der Waals surface area contributed by atoms with E-state index in [1.54, 1.807) is 18.9 Å². The number of ether oxygens (including phenoxy) is 3. The summed E-state index contributed by atoms with van der Waals surface area (Å²) >= 11 is 3.03. The number of carbonyl (C=O) groups excluding carboxylic acids is 1. The number of aromatic nitrogens is 4. The van der Waals surface area contributed by atoms with E-state index in [0.29, 0.717) is 50.6 Å². The average molecular weight is 550 g/mol. The molecule has 2 saturated heterocycles. The first-order valence-electron chi connectivity index (χ1n) is 12.4. The van der Waals surface area contributed by atoms with Gasteiger partial charge in [-0.15, -0.1) is 21.5 Å². The van der Waals surface area contributed by atoms with Crippen molar-refractivity contribution < 1.29 is 19.0 Å². The van der Waals surface area contributed by atoms with Gasteiger partial charge in [0.25, 0.3) is 5.91 Å². The largest absolute Gasteiger partial charge is 0.497 e. The number of amides is 1. The molecular weight excluding hydrogens is 522 g/mol. The smallest absolute Gasteiger partial charge is 0.273 e. The third kappa shape index (κ3) is 5.06. The van der Waals surface area contributed by atoms with Crippen LogP contribution in [0.2, 0.25) is 0 Å². The molecule has 0 atom stereocenters. The number of piperidine rings is 1. The van der Waals surface area contributed by atoms with Crippen molar-refractivity contribution in [2.75, 3.05) is 33.4 Å². The van der Waals surface area contributed by atoms with Gasteiger partial charge in [0, 0.05) is 42.6 Å². The first kappa shape index (κ1) is 25.1. The summed E-state index contributed by atoms with van der Waals surface area (Å²) in [5.74, 6) is 1.51. The molecule has 2 aliphatic heterocycles. The van der Waals surface area contributed by atoms with E-state index in [1.165, 1.54) is 11.3 Å². The molecule has 2 fully saturated rings. The molecule has 196 valence electrons. The first-order chi connectivity index (χ1) is 18.6. The van der Waals surface area contributed by atoms with Crippen molar-refractivity contribution in [2.24, 2.45) is 0 Å². The van der Waals surface area contributed by atoms with Crippen LogP contribution in [0.5, 0.6) is 5.75 Å². The Hall–Kier alpha value is -3.25. The molecule has 0 saturated carbocycles. The second kappa shape index (κ2) is 10.9. The summed E-state index contributed by atoms with van der Waals surface area (Å²) < 4.78 is 19.0. The number of likely N-dealkylation sites (tertiary alicyclic amines) is 1. The summed E-state index contributed by atoms with van der Waals surface area (Å²) in [6, 6.07) is 17.8. The lowest BCUT2D eigenvalue weighted by molar-refractivity contribution is -0.181. The van der Waals surface area contributed by atoms with Crippen LogP contribution in [0, 0.1) is 0 Å². The highest BCUT2D eigenvalue weighted by Crippen LogP contribution is 2.33. The number of nitrogens with zero attached hydrogens (tertiary/aromatic N) is 5. The molecule has 11 heteroatoms. The molecule has 6 rings (SSSR count). The Kier molecular flexibility index (Phi) is 7.16. The lowest BCUT2D eigenvalue weighted by Gasteiger charge is -2.37. The van der Waals surface area contributed by atoms with Crippen molar-refractivity contribution in [1.29, 1.82) is 0 Å². The van der Waals surface area contributed by atoms with Gasteiger partial charge in [0.15, 0.2) is 16.8 Å². The number of rotatable bonds is 7. The van der Waals surface area contributed by atoms with Crippen LogP contribution < -0.4 is 4.74 Å². The van der Waals surface area contributed by atoms with Gasteiger partial charge in [0.2, 0.25) is 0 Å². The maximum atomic E-state index is 13.1. The van der Waals surface area contributed by atoms with Crippen LogP contribution in [0.25, 0.3) is 17.1 Å². The minimum Gasteiger partial charge on any atom is -0.497 e. The Morgan fingerprint density at radius 3 is 2.63 bits per heavy atom. The van der Waals surface area contributed by atoms with Crippen LogP contribution >= 0.6 is 23.1 Å². The van der Waals surface area contributed by atoms with Crippen LogP contribution in [0.1, 0.15) is 28.3 Å². The maximum Gasteiger partial charge on any atom is 0.273 e. The van der Waals surface area contributed by atoms with Gasteiger partial charge in [-0.25, -0.2) is 4.98 Å². The fourth-order valence-electron chi connectivity index (χ4n) is 4.72. The molecular formula is C27H27N5O4S2. The zero-order valence-corrected chi connectivity index (χ0v) is 22.5. The fourth-order valence-corrected chi connectivity index (χ4v) is 6.46. The SMILES string of the molecule is COc1cccc(-c2nnc(SCc3nc(C(=O)N4CCC5(CC4)OCCO5)cs3)n2-c2ccccc2)c1. The Bertz CT molecular complexity index is 1410. The first-order valence-corrected chi connectivity index (χ1v) is 14.3. The highest BCUT2D eigenvalue weighted by atomic mass is 32.2. The molecule has 0 radical (unpaired) electrons. The van der Waals surface area contributed by atoms with Crippen molar-refractivity contribution in [3.05, 3.63) is 70.7 Å². The van der Waals surface area contributed by atoms with Crippen LogP contribution in [-0.4, -0.2) is 69.8 Å². The zero-order valence-electron chi connectivity index (χ0n) is 20.9. The van der Waals surface area contributed by atoms with E-state index < -0.39 is 5.79 Å². The van der Waals surface area contributed by atoms with Gasteiger partial charge in [-0.3, -0.25) is 9.36 Å². The number of benzene rings is 2. The molecule has 0 N–H and O–H groups in total. The molecule has 1 amide bonds. The molecule has 9 nitrogen and oxygen atoms in total. The van der Waals surface area contributed by atoms with Gasteiger partial charge in [-0.1, -0.05) is 42.1 Å². The van der Waals surface area contributed by atoms with Gasteiger partial charge in [-0.2, -0.15) is 0 Å². The number of hydrogen-bond acceptors (Lipinski definition) is 9. The number of para-hydroxylation sites is 1.